The Hall–Kier alpha value is -2.34. The fourth-order valence-corrected chi connectivity index (χ4v) is 6.96. The zero-order valence-electron chi connectivity index (χ0n) is 18.8. The summed E-state index contributed by atoms with van der Waals surface area (Å²) < 4.78 is 0. The number of halogens is 2. The summed E-state index contributed by atoms with van der Waals surface area (Å²) in [6, 6.07) is 16.0. The fourth-order valence-electron chi connectivity index (χ4n) is 5.79. The van der Waals surface area contributed by atoms with Gasteiger partial charge in [0.2, 0.25) is 11.8 Å². The summed E-state index contributed by atoms with van der Waals surface area (Å²) in [6.07, 6.45) is 1.57. The minimum Gasteiger partial charge on any atom is -0.354 e. The lowest BCUT2D eigenvalue weighted by Crippen LogP contribution is -2.61. The van der Waals surface area contributed by atoms with Crippen LogP contribution in [0.4, 0.5) is 0 Å². The van der Waals surface area contributed by atoms with E-state index in [0.717, 1.165) is 33.7 Å². The molecule has 3 aromatic rings. The van der Waals surface area contributed by atoms with Crippen molar-refractivity contribution in [3.8, 4) is 0 Å². The maximum Gasteiger partial charge on any atom is 0.246 e. The van der Waals surface area contributed by atoms with Crippen LogP contribution in [0.2, 0.25) is 10.0 Å². The van der Waals surface area contributed by atoms with E-state index < -0.39 is 5.54 Å². The second-order valence-corrected chi connectivity index (χ2v) is 11.0. The van der Waals surface area contributed by atoms with Gasteiger partial charge >= 0.3 is 0 Å². The van der Waals surface area contributed by atoms with E-state index in [2.05, 4.69) is 22.8 Å². The van der Waals surface area contributed by atoms with E-state index in [9.17, 15) is 9.59 Å². The van der Waals surface area contributed by atoms with Gasteiger partial charge in [0.15, 0.2) is 0 Å². The maximum absolute atomic E-state index is 13.3. The number of fused-ring (bicyclic) bond motifs is 1. The van der Waals surface area contributed by atoms with Crippen molar-refractivity contribution < 1.29 is 9.59 Å². The number of benzene rings is 2. The summed E-state index contributed by atoms with van der Waals surface area (Å²) in [5, 5.41) is 11.6. The predicted octanol–water partition coefficient (Wildman–Crippen LogP) is 5.87. The van der Waals surface area contributed by atoms with Gasteiger partial charge in [-0.05, 0) is 88.9 Å². The van der Waals surface area contributed by atoms with Crippen molar-refractivity contribution in [2.75, 3.05) is 6.54 Å². The Morgan fingerprint density at radius 1 is 1.18 bits per heavy atom. The van der Waals surface area contributed by atoms with Crippen molar-refractivity contribution in [2.45, 2.75) is 43.6 Å². The van der Waals surface area contributed by atoms with Crippen LogP contribution in [0.1, 0.15) is 46.9 Å². The van der Waals surface area contributed by atoms with E-state index in [-0.39, 0.29) is 36.0 Å². The Kier molecular flexibility index (Phi) is 6.45. The van der Waals surface area contributed by atoms with Gasteiger partial charge in [-0.2, -0.15) is 11.3 Å². The minimum atomic E-state index is -0.939. The second-order valence-electron chi connectivity index (χ2n) is 9.39. The molecule has 34 heavy (non-hydrogen) atoms. The summed E-state index contributed by atoms with van der Waals surface area (Å²) >= 11 is 14.5. The number of amides is 2. The molecule has 1 saturated carbocycles. The molecular formula is C27H26Cl2N2O2S. The molecule has 1 aromatic heterocycles. The molecule has 5 rings (SSSR count). The smallest absolute Gasteiger partial charge is 0.246 e. The summed E-state index contributed by atoms with van der Waals surface area (Å²) in [5.41, 5.74) is 3.32. The van der Waals surface area contributed by atoms with Gasteiger partial charge in [-0.3, -0.25) is 9.59 Å². The number of thiophene rings is 1. The SMILES string of the molecule is Cc1ccc([C@@H]2CC[C@@]3(NC(=O)Cc4ccsc4)C(=O)NC[C@H]3[C@H]2c2ccc(Cl)cc2)c(Cl)c1. The van der Waals surface area contributed by atoms with Gasteiger partial charge in [-0.25, -0.2) is 0 Å². The average Bonchev–Trinajstić information content (AvgIpc) is 3.42. The molecule has 0 bridgehead atoms. The van der Waals surface area contributed by atoms with Crippen LogP contribution < -0.4 is 10.6 Å². The van der Waals surface area contributed by atoms with Crippen LogP contribution >= 0.6 is 34.5 Å². The highest BCUT2D eigenvalue weighted by atomic mass is 35.5. The van der Waals surface area contributed by atoms with Gasteiger partial charge in [0.1, 0.15) is 5.54 Å². The molecule has 1 aliphatic carbocycles. The molecule has 0 unspecified atom stereocenters. The normalized spacial score (nSPS) is 26.1. The van der Waals surface area contributed by atoms with Gasteiger partial charge < -0.3 is 10.6 Å². The Morgan fingerprint density at radius 2 is 1.97 bits per heavy atom. The predicted molar refractivity (Wildman–Crippen MR) is 138 cm³/mol. The fraction of sp³-hybridized carbons (Fsp3) is 0.333. The Labute approximate surface area is 213 Å². The van der Waals surface area contributed by atoms with Gasteiger partial charge in [0.05, 0.1) is 6.42 Å². The molecule has 2 N–H and O–H groups in total. The average molecular weight is 513 g/mol. The number of hydrogen-bond donors (Lipinski definition) is 2. The highest BCUT2D eigenvalue weighted by Crippen LogP contribution is 2.54. The molecule has 0 spiro atoms. The molecule has 7 heteroatoms. The van der Waals surface area contributed by atoms with Gasteiger partial charge in [0, 0.05) is 22.5 Å². The van der Waals surface area contributed by atoms with Crippen molar-refractivity contribution in [3.05, 3.63) is 91.6 Å². The third kappa shape index (κ3) is 4.26. The van der Waals surface area contributed by atoms with Gasteiger partial charge in [-0.1, -0.05) is 47.5 Å². The van der Waals surface area contributed by atoms with Crippen LogP contribution in [0.15, 0.2) is 59.3 Å². The maximum atomic E-state index is 13.3. The number of rotatable bonds is 5. The second kappa shape index (κ2) is 9.37. The summed E-state index contributed by atoms with van der Waals surface area (Å²) in [7, 11) is 0. The van der Waals surface area contributed by atoms with Crippen molar-refractivity contribution in [1.82, 2.24) is 10.6 Å². The topological polar surface area (TPSA) is 58.2 Å². The number of carbonyl (C=O) groups excluding carboxylic acids is 2. The first kappa shape index (κ1) is 23.4. The third-order valence-corrected chi connectivity index (χ3v) is 8.67. The Bertz CT molecular complexity index is 1210. The number of hydrogen-bond acceptors (Lipinski definition) is 3. The number of nitrogens with one attached hydrogen (secondary N) is 2. The molecule has 1 aliphatic heterocycles. The van der Waals surface area contributed by atoms with E-state index in [0.29, 0.717) is 18.0 Å². The van der Waals surface area contributed by atoms with Crippen molar-refractivity contribution in [1.29, 1.82) is 0 Å². The molecule has 1 saturated heterocycles. The van der Waals surface area contributed by atoms with Crippen molar-refractivity contribution >= 4 is 46.4 Å². The van der Waals surface area contributed by atoms with Gasteiger partial charge in [-0.15, -0.1) is 0 Å². The van der Waals surface area contributed by atoms with Crippen LogP contribution in [0.5, 0.6) is 0 Å². The van der Waals surface area contributed by atoms with Gasteiger partial charge in [0.25, 0.3) is 0 Å². The van der Waals surface area contributed by atoms with Crippen molar-refractivity contribution in [3.63, 3.8) is 0 Å². The molecule has 0 radical (unpaired) electrons. The molecule has 2 heterocycles. The lowest BCUT2D eigenvalue weighted by molar-refractivity contribution is -0.133. The standard InChI is InChI=1S/C27H26Cl2N2O2S/c1-16-2-7-20(23(29)12-16)21-8-10-27(31-24(32)13-17-9-11-34-15-17)22(14-30-26(27)33)25(21)18-3-5-19(28)6-4-18/h2-7,9,11-12,15,21-22,25H,8,10,13-14H2,1H3,(H,30,33)(H,31,32)/t21-,22-,25-,27-/m0/s1. The number of carbonyl (C=O) groups is 2. The van der Waals surface area contributed by atoms with Crippen molar-refractivity contribution in [2.24, 2.45) is 5.92 Å². The Balaban J connectivity index is 1.54. The van der Waals surface area contributed by atoms with Crippen LogP contribution in [0.25, 0.3) is 0 Å². The highest BCUT2D eigenvalue weighted by Gasteiger charge is 2.58. The monoisotopic (exact) mass is 512 g/mol. The third-order valence-electron chi connectivity index (χ3n) is 7.35. The Morgan fingerprint density at radius 3 is 2.68 bits per heavy atom. The van der Waals surface area contributed by atoms with Crippen LogP contribution in [0, 0.1) is 12.8 Å². The van der Waals surface area contributed by atoms with Crippen LogP contribution in [0.3, 0.4) is 0 Å². The van der Waals surface area contributed by atoms with E-state index in [1.165, 1.54) is 0 Å². The molecule has 2 amide bonds. The minimum absolute atomic E-state index is 0.00776. The molecule has 2 aromatic carbocycles. The largest absolute Gasteiger partial charge is 0.354 e. The molecule has 2 aliphatic rings. The first-order valence-corrected chi connectivity index (χ1v) is 13.2. The molecule has 4 nitrogen and oxygen atoms in total. The first-order valence-electron chi connectivity index (χ1n) is 11.5. The van der Waals surface area contributed by atoms with E-state index in [1.807, 2.05) is 54.1 Å². The zero-order valence-corrected chi connectivity index (χ0v) is 21.1. The number of aryl methyl sites for hydroxylation is 1. The summed E-state index contributed by atoms with van der Waals surface area (Å²) in [5.74, 6) is -0.213. The lowest BCUT2D eigenvalue weighted by Gasteiger charge is -2.47. The molecular weight excluding hydrogens is 487 g/mol. The highest BCUT2D eigenvalue weighted by molar-refractivity contribution is 7.08. The van der Waals surface area contributed by atoms with E-state index in [1.54, 1.807) is 11.3 Å². The molecule has 176 valence electrons. The summed E-state index contributed by atoms with van der Waals surface area (Å²) in [6.45, 7) is 2.53. The zero-order chi connectivity index (χ0) is 23.9. The lowest BCUT2D eigenvalue weighted by atomic mass is 9.60. The first-order chi connectivity index (χ1) is 16.4. The molecule has 2 fully saturated rings. The van der Waals surface area contributed by atoms with E-state index >= 15 is 0 Å². The van der Waals surface area contributed by atoms with Crippen LogP contribution in [-0.2, 0) is 16.0 Å². The van der Waals surface area contributed by atoms with Crippen LogP contribution in [-0.4, -0.2) is 23.9 Å². The quantitative estimate of drug-likeness (QED) is 0.449. The molecule has 4 atom stereocenters. The summed E-state index contributed by atoms with van der Waals surface area (Å²) in [4.78, 5) is 26.4. The van der Waals surface area contributed by atoms with E-state index in [4.69, 9.17) is 23.2 Å².